The number of ether oxygens (including phenoxy) is 2. The zero-order chi connectivity index (χ0) is 19.3. The standard InChI is InChI=1S/C20H19FN4O3/c21-15-7-5-14(6-8-15)9-22-20(26)24-16-10-23-25(11-16)12-17-13-27-18-3-1-2-4-19(18)28-17/h1-8,10-11,17H,9,12-13H2,(H2,22,24,26). The Morgan fingerprint density at radius 2 is 1.96 bits per heavy atom. The number of carbonyl (C=O) groups is 1. The lowest BCUT2D eigenvalue weighted by atomic mass is 10.2. The van der Waals surface area contributed by atoms with Crippen LogP contribution in [0.3, 0.4) is 0 Å². The summed E-state index contributed by atoms with van der Waals surface area (Å²) >= 11 is 0. The molecule has 0 fully saturated rings. The predicted octanol–water partition coefficient (Wildman–Crippen LogP) is 3.18. The van der Waals surface area contributed by atoms with E-state index >= 15 is 0 Å². The van der Waals surface area contributed by atoms with Crippen molar-refractivity contribution in [3.8, 4) is 11.5 Å². The van der Waals surface area contributed by atoms with Gasteiger partial charge in [0.15, 0.2) is 17.6 Å². The minimum Gasteiger partial charge on any atom is -0.486 e. The molecule has 2 N–H and O–H groups in total. The molecule has 0 saturated carbocycles. The molecule has 0 saturated heterocycles. The Balaban J connectivity index is 1.27. The predicted molar refractivity (Wildman–Crippen MR) is 101 cm³/mol. The minimum absolute atomic E-state index is 0.171. The number of rotatable bonds is 5. The molecule has 28 heavy (non-hydrogen) atoms. The number of nitrogens with zero attached hydrogens (tertiary/aromatic N) is 2. The first-order chi connectivity index (χ1) is 13.7. The third kappa shape index (κ3) is 4.40. The number of urea groups is 1. The average Bonchev–Trinajstić information content (AvgIpc) is 3.14. The van der Waals surface area contributed by atoms with Crippen LogP contribution in [0.5, 0.6) is 11.5 Å². The SMILES string of the molecule is O=C(NCc1ccc(F)cc1)Nc1cnn(CC2COc3ccccc3O2)c1. The van der Waals surface area contributed by atoms with Gasteiger partial charge in [-0.2, -0.15) is 5.10 Å². The van der Waals surface area contributed by atoms with Gasteiger partial charge in [-0.15, -0.1) is 0 Å². The molecule has 0 spiro atoms. The van der Waals surface area contributed by atoms with Crippen LogP contribution in [0.4, 0.5) is 14.9 Å². The van der Waals surface area contributed by atoms with Gasteiger partial charge in [-0.1, -0.05) is 24.3 Å². The van der Waals surface area contributed by atoms with E-state index in [9.17, 15) is 9.18 Å². The summed E-state index contributed by atoms with van der Waals surface area (Å²) < 4.78 is 26.2. The summed E-state index contributed by atoms with van der Waals surface area (Å²) in [5.74, 6) is 1.14. The van der Waals surface area contributed by atoms with E-state index in [0.29, 0.717) is 31.1 Å². The fourth-order valence-electron chi connectivity index (χ4n) is 2.85. The van der Waals surface area contributed by atoms with Crippen molar-refractivity contribution in [2.45, 2.75) is 19.2 Å². The fourth-order valence-corrected chi connectivity index (χ4v) is 2.85. The third-order valence-electron chi connectivity index (χ3n) is 4.22. The number of nitrogens with one attached hydrogen (secondary N) is 2. The van der Waals surface area contributed by atoms with Crippen molar-refractivity contribution in [1.82, 2.24) is 15.1 Å². The van der Waals surface area contributed by atoms with Gasteiger partial charge in [0.05, 0.1) is 18.4 Å². The third-order valence-corrected chi connectivity index (χ3v) is 4.22. The Bertz CT molecular complexity index is 958. The molecule has 1 atom stereocenters. The molecule has 1 unspecified atom stereocenters. The van der Waals surface area contributed by atoms with Crippen molar-refractivity contribution >= 4 is 11.7 Å². The zero-order valence-electron chi connectivity index (χ0n) is 15.0. The van der Waals surface area contributed by atoms with Gasteiger partial charge < -0.3 is 20.1 Å². The van der Waals surface area contributed by atoms with E-state index in [0.717, 1.165) is 11.3 Å². The number of hydrogen-bond acceptors (Lipinski definition) is 4. The molecule has 1 aliphatic rings. The topological polar surface area (TPSA) is 77.4 Å². The van der Waals surface area contributed by atoms with E-state index in [1.165, 1.54) is 12.1 Å². The van der Waals surface area contributed by atoms with Crippen molar-refractivity contribution in [1.29, 1.82) is 0 Å². The quantitative estimate of drug-likeness (QED) is 0.711. The highest BCUT2D eigenvalue weighted by Crippen LogP contribution is 2.31. The van der Waals surface area contributed by atoms with Crippen molar-refractivity contribution < 1.29 is 18.7 Å². The smallest absolute Gasteiger partial charge is 0.319 e. The lowest BCUT2D eigenvalue weighted by Crippen LogP contribution is -2.33. The summed E-state index contributed by atoms with van der Waals surface area (Å²) in [5, 5.41) is 9.68. The van der Waals surface area contributed by atoms with Crippen LogP contribution in [0.15, 0.2) is 60.9 Å². The van der Waals surface area contributed by atoms with Gasteiger partial charge >= 0.3 is 6.03 Å². The van der Waals surface area contributed by atoms with E-state index in [1.807, 2.05) is 24.3 Å². The maximum atomic E-state index is 12.9. The average molecular weight is 382 g/mol. The zero-order valence-corrected chi connectivity index (χ0v) is 15.0. The molecule has 0 aliphatic carbocycles. The number of fused-ring (bicyclic) bond motifs is 1. The second-order valence-electron chi connectivity index (χ2n) is 6.38. The van der Waals surface area contributed by atoms with Crippen molar-refractivity contribution in [2.24, 2.45) is 0 Å². The van der Waals surface area contributed by atoms with Gasteiger partial charge in [0.25, 0.3) is 0 Å². The number of para-hydroxylation sites is 2. The number of halogens is 1. The Labute approximate surface area is 161 Å². The van der Waals surface area contributed by atoms with Crippen molar-refractivity contribution in [3.05, 3.63) is 72.3 Å². The van der Waals surface area contributed by atoms with Gasteiger partial charge in [0.2, 0.25) is 0 Å². The van der Waals surface area contributed by atoms with Crippen LogP contribution in [0.25, 0.3) is 0 Å². The number of hydrogen-bond donors (Lipinski definition) is 2. The summed E-state index contributed by atoms with van der Waals surface area (Å²) in [6, 6.07) is 13.1. The van der Waals surface area contributed by atoms with Gasteiger partial charge in [-0.25, -0.2) is 9.18 Å². The molecular weight excluding hydrogens is 363 g/mol. The highest BCUT2D eigenvalue weighted by molar-refractivity contribution is 5.88. The molecule has 0 bridgehead atoms. The Hall–Kier alpha value is -3.55. The van der Waals surface area contributed by atoms with Crippen LogP contribution in [0, 0.1) is 5.82 Å². The second-order valence-corrected chi connectivity index (χ2v) is 6.38. The van der Waals surface area contributed by atoms with Crippen LogP contribution in [-0.2, 0) is 13.1 Å². The fraction of sp³-hybridized carbons (Fsp3) is 0.200. The van der Waals surface area contributed by atoms with E-state index in [-0.39, 0.29) is 18.0 Å². The Morgan fingerprint density at radius 1 is 1.18 bits per heavy atom. The molecule has 8 heteroatoms. The molecular formula is C20H19FN4O3. The van der Waals surface area contributed by atoms with Gasteiger partial charge in [-0.05, 0) is 29.8 Å². The van der Waals surface area contributed by atoms with Gasteiger partial charge in [0, 0.05) is 12.7 Å². The molecule has 2 aromatic carbocycles. The Morgan fingerprint density at radius 3 is 2.79 bits per heavy atom. The van der Waals surface area contributed by atoms with E-state index in [4.69, 9.17) is 9.47 Å². The molecule has 4 rings (SSSR count). The molecule has 144 valence electrons. The van der Waals surface area contributed by atoms with Crippen LogP contribution in [0.1, 0.15) is 5.56 Å². The van der Waals surface area contributed by atoms with E-state index in [2.05, 4.69) is 15.7 Å². The number of amides is 2. The number of anilines is 1. The lowest BCUT2D eigenvalue weighted by Gasteiger charge is -2.26. The maximum Gasteiger partial charge on any atom is 0.319 e. The number of carbonyl (C=O) groups excluding carboxylic acids is 1. The van der Waals surface area contributed by atoms with Crippen LogP contribution in [-0.4, -0.2) is 28.5 Å². The van der Waals surface area contributed by atoms with Gasteiger partial charge in [-0.3, -0.25) is 4.68 Å². The molecule has 2 heterocycles. The minimum atomic E-state index is -0.366. The lowest BCUT2D eigenvalue weighted by molar-refractivity contribution is 0.0759. The summed E-state index contributed by atoms with van der Waals surface area (Å²) in [6.07, 6.45) is 3.12. The van der Waals surface area contributed by atoms with Crippen molar-refractivity contribution in [2.75, 3.05) is 11.9 Å². The highest BCUT2D eigenvalue weighted by Gasteiger charge is 2.21. The summed E-state index contributed by atoms with van der Waals surface area (Å²) in [5.41, 5.74) is 1.37. The molecule has 0 radical (unpaired) electrons. The molecule has 7 nitrogen and oxygen atoms in total. The van der Waals surface area contributed by atoms with Crippen LogP contribution in [0.2, 0.25) is 0 Å². The van der Waals surface area contributed by atoms with E-state index in [1.54, 1.807) is 29.2 Å². The highest BCUT2D eigenvalue weighted by atomic mass is 19.1. The number of aromatic nitrogens is 2. The van der Waals surface area contributed by atoms with Crippen LogP contribution >= 0.6 is 0 Å². The second kappa shape index (κ2) is 7.99. The Kier molecular flexibility index (Phi) is 5.09. The molecule has 1 aromatic heterocycles. The van der Waals surface area contributed by atoms with Crippen LogP contribution < -0.4 is 20.1 Å². The van der Waals surface area contributed by atoms with Crippen molar-refractivity contribution in [3.63, 3.8) is 0 Å². The first-order valence-corrected chi connectivity index (χ1v) is 8.86. The summed E-state index contributed by atoms with van der Waals surface area (Å²) in [6.45, 7) is 1.22. The first-order valence-electron chi connectivity index (χ1n) is 8.86. The summed E-state index contributed by atoms with van der Waals surface area (Å²) in [4.78, 5) is 12.0. The first kappa shape index (κ1) is 17.8. The maximum absolute atomic E-state index is 12.9. The molecule has 3 aromatic rings. The number of benzene rings is 2. The molecule has 1 aliphatic heterocycles. The van der Waals surface area contributed by atoms with Gasteiger partial charge in [0.1, 0.15) is 12.4 Å². The monoisotopic (exact) mass is 382 g/mol. The molecule has 2 amide bonds. The van der Waals surface area contributed by atoms with E-state index < -0.39 is 0 Å². The summed E-state index contributed by atoms with van der Waals surface area (Å²) in [7, 11) is 0. The largest absolute Gasteiger partial charge is 0.486 e. The normalized spacial score (nSPS) is 15.1.